The molecular weight excluding hydrogens is 464 g/mol. The summed E-state index contributed by atoms with van der Waals surface area (Å²) in [6.45, 7) is 6.26. The van der Waals surface area contributed by atoms with Crippen LogP contribution in [0.1, 0.15) is 80.1 Å². The Morgan fingerprint density at radius 1 is 1.00 bits per heavy atom. The lowest BCUT2D eigenvalue weighted by atomic mass is 9.76. The van der Waals surface area contributed by atoms with Crippen LogP contribution in [-0.2, 0) is 9.53 Å². The molecule has 1 unspecified atom stereocenters. The van der Waals surface area contributed by atoms with Crippen LogP contribution in [0.2, 0.25) is 0 Å². The standard InChI is InChI=1S/C32H38O5/c1-4-8-24-9-11-25(12-10-24)23-26(5-2)27-13-19-30(20-14-27)37-32(34)28-15-17-29(18-16-28)35-21-7-22-36-31(33)6-3/h2,6,13-20,24-26H,3-4,7-12,21-23H2,1H3. The van der Waals surface area contributed by atoms with Crippen molar-refractivity contribution in [1.29, 1.82) is 0 Å². The van der Waals surface area contributed by atoms with Crippen molar-refractivity contribution in [3.05, 3.63) is 72.3 Å². The summed E-state index contributed by atoms with van der Waals surface area (Å²) in [6, 6.07) is 14.3. The van der Waals surface area contributed by atoms with Crippen LogP contribution >= 0.6 is 0 Å². The predicted molar refractivity (Wildman–Crippen MR) is 146 cm³/mol. The summed E-state index contributed by atoms with van der Waals surface area (Å²) in [5.41, 5.74) is 1.52. The number of carbonyl (C=O) groups is 2. The lowest BCUT2D eigenvalue weighted by Crippen LogP contribution is -2.16. The highest BCUT2D eigenvalue weighted by atomic mass is 16.5. The predicted octanol–water partition coefficient (Wildman–Crippen LogP) is 7.12. The van der Waals surface area contributed by atoms with Gasteiger partial charge in [-0.25, -0.2) is 9.59 Å². The number of hydrogen-bond acceptors (Lipinski definition) is 5. The van der Waals surface area contributed by atoms with Gasteiger partial charge in [0, 0.05) is 18.4 Å². The number of ether oxygens (including phenoxy) is 3. The Balaban J connectivity index is 1.45. The minimum absolute atomic E-state index is 0.0825. The molecule has 0 spiro atoms. The zero-order valence-corrected chi connectivity index (χ0v) is 21.8. The minimum Gasteiger partial charge on any atom is -0.493 e. The fraction of sp³-hybridized carbons (Fsp3) is 0.438. The third-order valence-corrected chi connectivity index (χ3v) is 6.98. The topological polar surface area (TPSA) is 61.8 Å². The second-order valence-corrected chi connectivity index (χ2v) is 9.69. The fourth-order valence-corrected chi connectivity index (χ4v) is 4.90. The van der Waals surface area contributed by atoms with E-state index in [1.165, 1.54) is 38.5 Å². The van der Waals surface area contributed by atoms with E-state index in [1.807, 2.05) is 24.3 Å². The van der Waals surface area contributed by atoms with E-state index in [-0.39, 0.29) is 12.5 Å². The normalized spacial score (nSPS) is 17.7. The van der Waals surface area contributed by atoms with E-state index in [4.69, 9.17) is 20.6 Å². The van der Waals surface area contributed by atoms with Crippen LogP contribution in [0.4, 0.5) is 0 Å². The summed E-state index contributed by atoms with van der Waals surface area (Å²) < 4.78 is 16.1. The van der Waals surface area contributed by atoms with Crippen LogP contribution in [0.25, 0.3) is 0 Å². The van der Waals surface area contributed by atoms with Crippen molar-refractivity contribution in [1.82, 2.24) is 0 Å². The van der Waals surface area contributed by atoms with Crippen LogP contribution in [0, 0.1) is 24.2 Å². The molecule has 1 aliphatic carbocycles. The molecular formula is C32H38O5. The highest BCUT2D eigenvalue weighted by Crippen LogP contribution is 2.37. The summed E-state index contributed by atoms with van der Waals surface area (Å²) in [5.74, 6) is 4.86. The average Bonchev–Trinajstić information content (AvgIpc) is 2.93. The first kappa shape index (κ1) is 28.1. The van der Waals surface area contributed by atoms with Gasteiger partial charge in [-0.05, 0) is 60.2 Å². The number of terminal acetylenes is 1. The van der Waals surface area contributed by atoms with Crippen LogP contribution in [0.3, 0.4) is 0 Å². The molecule has 0 amide bonds. The van der Waals surface area contributed by atoms with Gasteiger partial charge in [0.05, 0.1) is 18.8 Å². The fourth-order valence-electron chi connectivity index (χ4n) is 4.90. The lowest BCUT2D eigenvalue weighted by Gasteiger charge is -2.29. The van der Waals surface area contributed by atoms with E-state index in [1.54, 1.807) is 24.3 Å². The van der Waals surface area contributed by atoms with Crippen molar-refractivity contribution in [3.8, 4) is 23.8 Å². The van der Waals surface area contributed by atoms with Crippen LogP contribution in [0.15, 0.2) is 61.2 Å². The quantitative estimate of drug-likeness (QED) is 0.0960. The molecule has 0 saturated heterocycles. The third-order valence-electron chi connectivity index (χ3n) is 6.98. The average molecular weight is 503 g/mol. The Kier molecular flexibility index (Phi) is 11.3. The van der Waals surface area contributed by atoms with Gasteiger partial charge in [-0.3, -0.25) is 0 Å². The number of rotatable bonds is 13. The van der Waals surface area contributed by atoms with Gasteiger partial charge in [0.1, 0.15) is 11.5 Å². The second-order valence-electron chi connectivity index (χ2n) is 9.69. The van der Waals surface area contributed by atoms with Crippen molar-refractivity contribution in [2.75, 3.05) is 13.2 Å². The van der Waals surface area contributed by atoms with Gasteiger partial charge in [0.2, 0.25) is 0 Å². The Bertz CT molecular complexity index is 1040. The Hall–Kier alpha value is -3.52. The van der Waals surface area contributed by atoms with Gasteiger partial charge in [-0.15, -0.1) is 6.42 Å². The zero-order valence-electron chi connectivity index (χ0n) is 21.8. The Morgan fingerprint density at radius 3 is 2.27 bits per heavy atom. The second kappa shape index (κ2) is 14.9. The number of hydrogen-bond donors (Lipinski definition) is 0. The number of esters is 2. The maximum absolute atomic E-state index is 12.6. The molecule has 3 rings (SSSR count). The molecule has 2 aromatic rings. The van der Waals surface area contributed by atoms with Crippen molar-refractivity contribution in [2.24, 2.45) is 11.8 Å². The maximum atomic E-state index is 12.6. The van der Waals surface area contributed by atoms with E-state index in [2.05, 4.69) is 19.4 Å². The molecule has 1 atom stereocenters. The van der Waals surface area contributed by atoms with Gasteiger partial charge in [-0.1, -0.05) is 70.1 Å². The maximum Gasteiger partial charge on any atom is 0.343 e. The summed E-state index contributed by atoms with van der Waals surface area (Å²) in [5, 5.41) is 0. The first-order valence-corrected chi connectivity index (χ1v) is 13.3. The Labute approximate surface area is 221 Å². The third kappa shape index (κ3) is 9.13. The lowest BCUT2D eigenvalue weighted by molar-refractivity contribution is -0.137. The monoisotopic (exact) mass is 502 g/mol. The highest BCUT2D eigenvalue weighted by molar-refractivity contribution is 5.91. The zero-order chi connectivity index (χ0) is 26.5. The molecule has 1 saturated carbocycles. The molecule has 37 heavy (non-hydrogen) atoms. The van der Waals surface area contributed by atoms with Crippen LogP contribution < -0.4 is 9.47 Å². The molecule has 0 radical (unpaired) electrons. The van der Waals surface area contributed by atoms with Gasteiger partial charge in [0.15, 0.2) is 0 Å². The van der Waals surface area contributed by atoms with Gasteiger partial charge in [-0.2, -0.15) is 0 Å². The van der Waals surface area contributed by atoms with E-state index >= 15 is 0 Å². The molecule has 0 aliphatic heterocycles. The summed E-state index contributed by atoms with van der Waals surface area (Å²) in [4.78, 5) is 23.6. The molecule has 5 heteroatoms. The first-order chi connectivity index (χ1) is 18.0. The largest absolute Gasteiger partial charge is 0.493 e. The highest BCUT2D eigenvalue weighted by Gasteiger charge is 2.23. The molecule has 0 N–H and O–H groups in total. The molecule has 196 valence electrons. The first-order valence-electron chi connectivity index (χ1n) is 13.3. The minimum atomic E-state index is -0.451. The van der Waals surface area contributed by atoms with E-state index < -0.39 is 11.9 Å². The number of carbonyl (C=O) groups excluding carboxylic acids is 2. The molecule has 0 bridgehead atoms. The van der Waals surface area contributed by atoms with Crippen molar-refractivity contribution in [3.63, 3.8) is 0 Å². The summed E-state index contributed by atoms with van der Waals surface area (Å²) in [7, 11) is 0. The molecule has 0 heterocycles. The SMILES string of the molecule is C#CC(CC1CCC(CCC)CC1)c1ccc(OC(=O)c2ccc(OCCCOC(=O)C=C)cc2)cc1. The van der Waals surface area contributed by atoms with Crippen molar-refractivity contribution >= 4 is 11.9 Å². The summed E-state index contributed by atoms with van der Waals surface area (Å²) >= 11 is 0. The molecule has 1 aliphatic rings. The van der Waals surface area contributed by atoms with E-state index in [0.717, 1.165) is 24.0 Å². The van der Waals surface area contributed by atoms with Gasteiger partial charge in [0.25, 0.3) is 0 Å². The molecule has 5 nitrogen and oxygen atoms in total. The van der Waals surface area contributed by atoms with Crippen LogP contribution in [-0.4, -0.2) is 25.2 Å². The van der Waals surface area contributed by atoms with Crippen molar-refractivity contribution < 1.29 is 23.8 Å². The molecule has 1 fully saturated rings. The van der Waals surface area contributed by atoms with Crippen LogP contribution in [0.5, 0.6) is 11.5 Å². The van der Waals surface area contributed by atoms with E-state index in [0.29, 0.717) is 36.0 Å². The number of benzene rings is 2. The van der Waals surface area contributed by atoms with Gasteiger partial charge >= 0.3 is 11.9 Å². The smallest absolute Gasteiger partial charge is 0.343 e. The van der Waals surface area contributed by atoms with E-state index in [9.17, 15) is 9.59 Å². The van der Waals surface area contributed by atoms with Gasteiger partial charge < -0.3 is 14.2 Å². The molecule has 0 aromatic heterocycles. The Morgan fingerprint density at radius 2 is 1.65 bits per heavy atom. The summed E-state index contributed by atoms with van der Waals surface area (Å²) in [6.07, 6.45) is 16.4. The molecule has 2 aromatic carbocycles. The van der Waals surface area contributed by atoms with Crippen molar-refractivity contribution in [2.45, 2.75) is 64.2 Å².